The molecule has 0 spiro atoms. The first kappa shape index (κ1) is 11.2. The maximum Gasteiger partial charge on any atom is 0.163 e. The fourth-order valence-electron chi connectivity index (χ4n) is 2.31. The van der Waals surface area contributed by atoms with Crippen molar-refractivity contribution in [1.29, 1.82) is 0 Å². The number of nitrogens with zero attached hydrogens (tertiary/aromatic N) is 3. The molecule has 1 fully saturated rings. The van der Waals surface area contributed by atoms with Crippen LogP contribution in [0.4, 0.5) is 5.69 Å². The molecule has 0 amide bonds. The number of nitrogens with one attached hydrogen (secondary N) is 1. The normalized spacial score (nSPS) is 22.6. The summed E-state index contributed by atoms with van der Waals surface area (Å²) in [4.78, 5) is 0. The Morgan fingerprint density at radius 2 is 2.22 bits per heavy atom. The van der Waals surface area contributed by atoms with E-state index < -0.39 is 0 Å². The van der Waals surface area contributed by atoms with Gasteiger partial charge in [-0.25, -0.2) is 0 Å². The van der Waals surface area contributed by atoms with Gasteiger partial charge in [-0.1, -0.05) is 12.1 Å². The van der Waals surface area contributed by atoms with Gasteiger partial charge in [0.05, 0.1) is 0 Å². The van der Waals surface area contributed by atoms with Crippen LogP contribution >= 0.6 is 0 Å². The summed E-state index contributed by atoms with van der Waals surface area (Å²) in [6.07, 6.45) is 3.81. The molecule has 5 nitrogen and oxygen atoms in total. The van der Waals surface area contributed by atoms with Crippen LogP contribution in [-0.2, 0) is 7.05 Å². The number of rotatable bonds is 3. The molecule has 1 aromatic heterocycles. The van der Waals surface area contributed by atoms with Gasteiger partial charge in [0.15, 0.2) is 5.82 Å². The van der Waals surface area contributed by atoms with Crippen LogP contribution in [0, 0.1) is 0 Å². The molecular formula is C13H17N5. The molecule has 1 saturated carbocycles. The molecule has 1 aliphatic rings. The van der Waals surface area contributed by atoms with E-state index in [-0.39, 0.29) is 0 Å². The lowest BCUT2D eigenvalue weighted by atomic mass is 9.87. The van der Waals surface area contributed by atoms with Gasteiger partial charge in [-0.3, -0.25) is 0 Å². The van der Waals surface area contributed by atoms with Crippen LogP contribution in [-0.4, -0.2) is 26.8 Å². The third-order valence-corrected chi connectivity index (χ3v) is 3.38. The van der Waals surface area contributed by atoms with Gasteiger partial charge in [-0.2, -0.15) is 0 Å². The Hall–Kier alpha value is -1.88. The Bertz CT molecular complexity index is 542. The van der Waals surface area contributed by atoms with Crippen molar-refractivity contribution >= 4 is 5.69 Å². The van der Waals surface area contributed by atoms with Gasteiger partial charge in [0, 0.05) is 30.4 Å². The van der Waals surface area contributed by atoms with Crippen LogP contribution in [0.3, 0.4) is 0 Å². The van der Waals surface area contributed by atoms with E-state index in [4.69, 9.17) is 5.73 Å². The molecule has 1 heterocycles. The maximum atomic E-state index is 5.79. The van der Waals surface area contributed by atoms with Crippen molar-refractivity contribution < 1.29 is 0 Å². The molecule has 94 valence electrons. The fourth-order valence-corrected chi connectivity index (χ4v) is 2.31. The molecule has 5 heteroatoms. The second-order valence-electron chi connectivity index (χ2n) is 4.92. The zero-order chi connectivity index (χ0) is 12.5. The van der Waals surface area contributed by atoms with Gasteiger partial charge in [-0.15, -0.1) is 10.2 Å². The lowest BCUT2D eigenvalue weighted by Gasteiger charge is -2.33. The summed E-state index contributed by atoms with van der Waals surface area (Å²) in [5, 5.41) is 11.5. The molecule has 0 saturated heterocycles. The summed E-state index contributed by atoms with van der Waals surface area (Å²) in [7, 11) is 1.94. The highest BCUT2D eigenvalue weighted by Crippen LogP contribution is 2.25. The molecule has 3 N–H and O–H groups in total. The number of hydrogen-bond acceptors (Lipinski definition) is 4. The van der Waals surface area contributed by atoms with E-state index in [1.165, 1.54) is 0 Å². The van der Waals surface area contributed by atoms with Gasteiger partial charge in [0.2, 0.25) is 0 Å². The minimum atomic E-state index is 0.365. The minimum absolute atomic E-state index is 0.365. The SMILES string of the molecule is Cn1cnnc1-c1cccc(NC2CC(N)C2)c1. The maximum absolute atomic E-state index is 5.79. The molecular weight excluding hydrogens is 226 g/mol. The summed E-state index contributed by atoms with van der Waals surface area (Å²) < 4.78 is 1.92. The highest BCUT2D eigenvalue weighted by Gasteiger charge is 2.25. The number of aromatic nitrogens is 3. The number of aryl methyl sites for hydroxylation is 1. The molecule has 0 unspecified atom stereocenters. The van der Waals surface area contributed by atoms with Crippen LogP contribution in [0.25, 0.3) is 11.4 Å². The Kier molecular flexibility index (Phi) is 2.76. The van der Waals surface area contributed by atoms with Crippen LogP contribution in [0.5, 0.6) is 0 Å². The van der Waals surface area contributed by atoms with Crippen molar-refractivity contribution in [2.75, 3.05) is 5.32 Å². The van der Waals surface area contributed by atoms with E-state index in [0.717, 1.165) is 29.9 Å². The van der Waals surface area contributed by atoms with Crippen LogP contribution in [0.1, 0.15) is 12.8 Å². The molecule has 0 radical (unpaired) electrons. The molecule has 0 atom stereocenters. The quantitative estimate of drug-likeness (QED) is 0.854. The predicted octanol–water partition coefficient (Wildman–Crippen LogP) is 1.38. The number of anilines is 1. The highest BCUT2D eigenvalue weighted by molar-refractivity contribution is 5.62. The van der Waals surface area contributed by atoms with Crippen LogP contribution in [0.2, 0.25) is 0 Å². The molecule has 2 aromatic rings. The summed E-state index contributed by atoms with van der Waals surface area (Å²) in [6.45, 7) is 0. The number of hydrogen-bond donors (Lipinski definition) is 2. The number of nitrogens with two attached hydrogens (primary N) is 1. The Labute approximate surface area is 106 Å². The van der Waals surface area contributed by atoms with Gasteiger partial charge < -0.3 is 15.6 Å². The van der Waals surface area contributed by atoms with Crippen LogP contribution < -0.4 is 11.1 Å². The zero-order valence-electron chi connectivity index (χ0n) is 10.4. The van der Waals surface area contributed by atoms with Crippen molar-refractivity contribution in [2.24, 2.45) is 12.8 Å². The van der Waals surface area contributed by atoms with Crippen LogP contribution in [0.15, 0.2) is 30.6 Å². The molecule has 18 heavy (non-hydrogen) atoms. The van der Waals surface area contributed by atoms with E-state index in [0.29, 0.717) is 12.1 Å². The van der Waals surface area contributed by atoms with E-state index in [2.05, 4.69) is 27.6 Å². The standard InChI is InChI=1S/C13H17N5/c1-18-8-15-17-13(18)9-3-2-4-11(5-9)16-12-6-10(14)7-12/h2-5,8,10,12,16H,6-7,14H2,1H3. The molecule has 0 bridgehead atoms. The van der Waals surface area contributed by atoms with E-state index >= 15 is 0 Å². The van der Waals surface area contributed by atoms with Crippen molar-refractivity contribution in [3.05, 3.63) is 30.6 Å². The van der Waals surface area contributed by atoms with E-state index in [1.54, 1.807) is 6.33 Å². The monoisotopic (exact) mass is 243 g/mol. The Morgan fingerprint density at radius 3 is 2.89 bits per heavy atom. The van der Waals surface area contributed by atoms with E-state index in [9.17, 15) is 0 Å². The van der Waals surface area contributed by atoms with Crippen molar-refractivity contribution in [2.45, 2.75) is 24.9 Å². The first-order valence-electron chi connectivity index (χ1n) is 6.19. The smallest absolute Gasteiger partial charge is 0.163 e. The van der Waals surface area contributed by atoms with Crippen molar-refractivity contribution in [1.82, 2.24) is 14.8 Å². The lowest BCUT2D eigenvalue weighted by molar-refractivity contribution is 0.374. The Balaban J connectivity index is 1.79. The van der Waals surface area contributed by atoms with Crippen molar-refractivity contribution in [3.8, 4) is 11.4 Å². The van der Waals surface area contributed by atoms with Gasteiger partial charge >= 0.3 is 0 Å². The third kappa shape index (κ3) is 2.09. The molecule has 3 rings (SSSR count). The topological polar surface area (TPSA) is 68.8 Å². The average Bonchev–Trinajstić information content (AvgIpc) is 2.74. The van der Waals surface area contributed by atoms with E-state index in [1.807, 2.05) is 23.7 Å². The summed E-state index contributed by atoms with van der Waals surface area (Å²) in [6, 6.07) is 9.13. The summed E-state index contributed by atoms with van der Waals surface area (Å²) in [5.74, 6) is 0.879. The third-order valence-electron chi connectivity index (χ3n) is 3.38. The van der Waals surface area contributed by atoms with Crippen molar-refractivity contribution in [3.63, 3.8) is 0 Å². The van der Waals surface area contributed by atoms with Gasteiger partial charge in [0.1, 0.15) is 6.33 Å². The molecule has 0 aliphatic heterocycles. The predicted molar refractivity (Wildman–Crippen MR) is 71.1 cm³/mol. The zero-order valence-corrected chi connectivity index (χ0v) is 10.4. The number of benzene rings is 1. The lowest BCUT2D eigenvalue weighted by Crippen LogP contribution is -2.44. The Morgan fingerprint density at radius 1 is 1.39 bits per heavy atom. The molecule has 1 aliphatic carbocycles. The first-order chi connectivity index (χ1) is 8.72. The average molecular weight is 243 g/mol. The highest BCUT2D eigenvalue weighted by atomic mass is 15.2. The second-order valence-corrected chi connectivity index (χ2v) is 4.92. The van der Waals surface area contributed by atoms with Gasteiger partial charge in [-0.05, 0) is 25.0 Å². The van der Waals surface area contributed by atoms with Gasteiger partial charge in [0.25, 0.3) is 0 Å². The largest absolute Gasteiger partial charge is 0.382 e. The summed E-state index contributed by atoms with van der Waals surface area (Å²) in [5.41, 5.74) is 7.98. The minimum Gasteiger partial charge on any atom is -0.382 e. The second kappa shape index (κ2) is 4.42. The molecule has 1 aromatic carbocycles. The fraction of sp³-hybridized carbons (Fsp3) is 0.385. The first-order valence-corrected chi connectivity index (χ1v) is 6.19. The summed E-state index contributed by atoms with van der Waals surface area (Å²) >= 11 is 0.